The molecule has 2 rings (SSSR count). The Morgan fingerprint density at radius 3 is 2.46 bits per heavy atom. The van der Waals surface area contributed by atoms with Gasteiger partial charge >= 0.3 is 0 Å². The van der Waals surface area contributed by atoms with Crippen LogP contribution in [0.25, 0.3) is 0 Å². The average molecular weight is 331 g/mol. The van der Waals surface area contributed by atoms with Gasteiger partial charge in [-0.3, -0.25) is 19.3 Å². The number of carbonyl (C=O) groups is 3. The van der Waals surface area contributed by atoms with Gasteiger partial charge in [0.15, 0.2) is 0 Å². The molecule has 0 aromatic heterocycles. The topological polar surface area (TPSA) is 83.7 Å². The van der Waals surface area contributed by atoms with Crippen LogP contribution in [0.15, 0.2) is 18.2 Å². The molecule has 0 saturated carbocycles. The van der Waals surface area contributed by atoms with Gasteiger partial charge in [-0.15, -0.1) is 0 Å². The molecular weight excluding hydrogens is 306 g/mol. The molecule has 1 aromatic carbocycles. The first-order valence-corrected chi connectivity index (χ1v) is 8.18. The number of hydrogen-bond acceptors (Lipinski definition) is 4. The van der Waals surface area contributed by atoms with E-state index in [9.17, 15) is 14.4 Å². The standard InChI is InChI=1S/C18H25N3O3/c1-11(2)15(19)7-8-20(4)16(22)10-21-17(23)13-6-5-12(3)9-14(13)18(21)24/h5-6,9,11,15H,7-8,10,19H2,1-4H3. The molecule has 130 valence electrons. The summed E-state index contributed by atoms with van der Waals surface area (Å²) in [6.07, 6.45) is 0.682. The lowest BCUT2D eigenvalue weighted by Crippen LogP contribution is -2.42. The molecule has 3 amide bonds. The second-order valence-electron chi connectivity index (χ2n) is 6.76. The fourth-order valence-electron chi connectivity index (χ4n) is 2.60. The number of carbonyl (C=O) groups excluding carboxylic acids is 3. The third kappa shape index (κ3) is 3.64. The Bertz CT molecular complexity index is 669. The van der Waals surface area contributed by atoms with Gasteiger partial charge in [-0.25, -0.2) is 0 Å². The molecule has 1 aromatic rings. The van der Waals surface area contributed by atoms with Gasteiger partial charge in [0, 0.05) is 19.6 Å². The SMILES string of the molecule is Cc1ccc2c(c1)C(=O)N(CC(=O)N(C)CCC(N)C(C)C)C2=O. The van der Waals surface area contributed by atoms with Crippen molar-refractivity contribution in [3.8, 4) is 0 Å². The van der Waals surface area contributed by atoms with E-state index in [1.807, 2.05) is 20.8 Å². The van der Waals surface area contributed by atoms with Gasteiger partial charge in [-0.2, -0.15) is 0 Å². The van der Waals surface area contributed by atoms with Gasteiger partial charge in [-0.1, -0.05) is 25.5 Å². The molecule has 1 heterocycles. The van der Waals surface area contributed by atoms with Gasteiger partial charge in [0.25, 0.3) is 11.8 Å². The molecule has 6 heteroatoms. The van der Waals surface area contributed by atoms with Crippen molar-refractivity contribution in [1.82, 2.24) is 9.80 Å². The van der Waals surface area contributed by atoms with Crippen molar-refractivity contribution < 1.29 is 14.4 Å². The molecule has 0 spiro atoms. The van der Waals surface area contributed by atoms with Crippen LogP contribution in [-0.4, -0.2) is 53.7 Å². The molecule has 1 aliphatic heterocycles. The molecule has 0 saturated heterocycles. The van der Waals surface area contributed by atoms with Gasteiger partial charge in [0.05, 0.1) is 11.1 Å². The van der Waals surface area contributed by atoms with E-state index in [0.717, 1.165) is 10.5 Å². The fourth-order valence-corrected chi connectivity index (χ4v) is 2.60. The Labute approximate surface area is 142 Å². The van der Waals surface area contributed by atoms with Crippen molar-refractivity contribution in [2.45, 2.75) is 33.2 Å². The third-order valence-corrected chi connectivity index (χ3v) is 4.50. The van der Waals surface area contributed by atoms with Crippen LogP contribution in [0.1, 0.15) is 46.5 Å². The minimum Gasteiger partial charge on any atom is -0.344 e. The summed E-state index contributed by atoms with van der Waals surface area (Å²) in [5.74, 6) is -0.736. The van der Waals surface area contributed by atoms with Gasteiger partial charge in [-0.05, 0) is 31.4 Å². The highest BCUT2D eigenvalue weighted by Gasteiger charge is 2.37. The highest BCUT2D eigenvalue weighted by atomic mass is 16.2. The Morgan fingerprint density at radius 2 is 1.83 bits per heavy atom. The summed E-state index contributed by atoms with van der Waals surface area (Å²) in [5.41, 5.74) is 7.63. The first-order valence-electron chi connectivity index (χ1n) is 8.18. The molecule has 1 atom stereocenters. The van der Waals surface area contributed by atoms with Crippen LogP contribution in [0, 0.1) is 12.8 Å². The van der Waals surface area contributed by atoms with Crippen molar-refractivity contribution in [3.05, 3.63) is 34.9 Å². The number of amides is 3. The number of hydrogen-bond donors (Lipinski definition) is 1. The molecule has 0 bridgehead atoms. The summed E-state index contributed by atoms with van der Waals surface area (Å²) in [7, 11) is 1.66. The van der Waals surface area contributed by atoms with Gasteiger partial charge in [0.1, 0.15) is 6.54 Å². The molecule has 0 radical (unpaired) electrons. The first-order chi connectivity index (χ1) is 11.2. The Balaban J connectivity index is 2.00. The predicted octanol–water partition coefficient (Wildman–Crippen LogP) is 1.42. The average Bonchev–Trinajstić information content (AvgIpc) is 2.76. The lowest BCUT2D eigenvalue weighted by Gasteiger charge is -2.23. The van der Waals surface area contributed by atoms with Crippen molar-refractivity contribution in [2.24, 2.45) is 11.7 Å². The zero-order valence-corrected chi connectivity index (χ0v) is 14.7. The van der Waals surface area contributed by atoms with E-state index in [0.29, 0.717) is 30.0 Å². The number of imide groups is 1. The minimum absolute atomic E-state index is 0.0162. The van der Waals surface area contributed by atoms with Crippen molar-refractivity contribution >= 4 is 17.7 Å². The van der Waals surface area contributed by atoms with Gasteiger partial charge in [0.2, 0.25) is 5.91 Å². The minimum atomic E-state index is -0.407. The van der Waals surface area contributed by atoms with Crippen LogP contribution in [-0.2, 0) is 4.79 Å². The maximum absolute atomic E-state index is 12.4. The fraction of sp³-hybridized carbons (Fsp3) is 0.500. The molecule has 0 aliphatic carbocycles. The van der Waals surface area contributed by atoms with Crippen LogP contribution < -0.4 is 5.73 Å². The van der Waals surface area contributed by atoms with E-state index in [1.165, 1.54) is 4.90 Å². The zero-order valence-electron chi connectivity index (χ0n) is 14.7. The Hall–Kier alpha value is -2.21. The quantitative estimate of drug-likeness (QED) is 0.799. The number of benzene rings is 1. The molecule has 1 aliphatic rings. The van der Waals surface area contributed by atoms with Crippen molar-refractivity contribution in [2.75, 3.05) is 20.1 Å². The van der Waals surface area contributed by atoms with E-state index >= 15 is 0 Å². The smallest absolute Gasteiger partial charge is 0.262 e. The molecule has 24 heavy (non-hydrogen) atoms. The summed E-state index contributed by atoms with van der Waals surface area (Å²) in [6.45, 7) is 6.19. The summed E-state index contributed by atoms with van der Waals surface area (Å²) >= 11 is 0. The molecule has 6 nitrogen and oxygen atoms in total. The lowest BCUT2D eigenvalue weighted by atomic mass is 10.0. The van der Waals surface area contributed by atoms with Crippen LogP contribution >= 0.6 is 0 Å². The van der Waals surface area contributed by atoms with E-state index in [4.69, 9.17) is 5.73 Å². The van der Waals surface area contributed by atoms with Crippen molar-refractivity contribution in [3.63, 3.8) is 0 Å². The largest absolute Gasteiger partial charge is 0.344 e. The molecule has 1 unspecified atom stereocenters. The number of rotatable bonds is 6. The second-order valence-corrected chi connectivity index (χ2v) is 6.76. The van der Waals surface area contributed by atoms with E-state index in [1.54, 1.807) is 25.2 Å². The second kappa shape index (κ2) is 7.13. The van der Waals surface area contributed by atoms with E-state index < -0.39 is 11.8 Å². The molecular formula is C18H25N3O3. The number of likely N-dealkylation sites (N-methyl/N-ethyl adjacent to an activating group) is 1. The monoisotopic (exact) mass is 331 g/mol. The van der Waals surface area contributed by atoms with Crippen LogP contribution in [0.3, 0.4) is 0 Å². The van der Waals surface area contributed by atoms with Crippen molar-refractivity contribution in [1.29, 1.82) is 0 Å². The summed E-state index contributed by atoms with van der Waals surface area (Å²) in [4.78, 5) is 39.6. The maximum atomic E-state index is 12.4. The van der Waals surface area contributed by atoms with E-state index in [-0.39, 0.29) is 18.5 Å². The molecule has 0 fully saturated rings. The number of nitrogens with zero attached hydrogens (tertiary/aromatic N) is 2. The van der Waals surface area contributed by atoms with Gasteiger partial charge < -0.3 is 10.6 Å². The van der Waals surface area contributed by atoms with Crippen LogP contribution in [0.5, 0.6) is 0 Å². The van der Waals surface area contributed by atoms with Crippen LogP contribution in [0.4, 0.5) is 0 Å². The first kappa shape index (κ1) is 18.1. The van der Waals surface area contributed by atoms with Crippen LogP contribution in [0.2, 0.25) is 0 Å². The highest BCUT2D eigenvalue weighted by molar-refractivity contribution is 6.22. The third-order valence-electron chi connectivity index (χ3n) is 4.50. The Morgan fingerprint density at radius 1 is 1.21 bits per heavy atom. The zero-order chi connectivity index (χ0) is 18.0. The maximum Gasteiger partial charge on any atom is 0.262 e. The summed E-state index contributed by atoms with van der Waals surface area (Å²) in [6, 6.07) is 5.13. The number of fused-ring (bicyclic) bond motifs is 1. The number of nitrogens with two attached hydrogens (primary N) is 1. The molecule has 2 N–H and O–H groups in total. The normalized spacial score (nSPS) is 15.0. The van der Waals surface area contributed by atoms with E-state index in [2.05, 4.69) is 0 Å². The number of aryl methyl sites for hydroxylation is 1. The summed E-state index contributed by atoms with van der Waals surface area (Å²) in [5, 5.41) is 0. The lowest BCUT2D eigenvalue weighted by molar-refractivity contribution is -0.130. The highest BCUT2D eigenvalue weighted by Crippen LogP contribution is 2.23. The summed E-state index contributed by atoms with van der Waals surface area (Å²) < 4.78 is 0. The Kier molecular flexibility index (Phi) is 5.39. The predicted molar refractivity (Wildman–Crippen MR) is 91.6 cm³/mol.